The monoisotopic (exact) mass is 624 g/mol. The number of carbonyl (C=O) groups is 1. The van der Waals surface area contributed by atoms with Crippen LogP contribution in [0, 0.1) is 10.1 Å². The lowest BCUT2D eigenvalue weighted by atomic mass is 10.1. The summed E-state index contributed by atoms with van der Waals surface area (Å²) in [4.78, 5) is 25.4. The highest BCUT2D eigenvalue weighted by molar-refractivity contribution is 9.10. The van der Waals surface area contributed by atoms with Gasteiger partial charge in [0.05, 0.1) is 21.1 Å². The standard InChI is InChI=1S/C24H12BrF3N2O6S2/c25-14-2-5-17(36-18-4-1-13(24(26,27)28)9-16(18)30(32)33)12(7-14)8-21-22(31)29(23(37)38-21)15-3-6-19-20(10-15)35-11-34-19/h1-10H,11H2/b21-8+. The van der Waals surface area contributed by atoms with E-state index < -0.39 is 34.0 Å². The molecule has 0 radical (unpaired) electrons. The maximum atomic E-state index is 13.3. The maximum absolute atomic E-state index is 13.3. The SMILES string of the molecule is O=C1/C(=C\c2cc(Br)ccc2Oc2ccc(C(F)(F)F)cc2[N+](=O)[O-])SC(=S)N1c1ccc2c(c1)OCO2. The number of hydrogen-bond donors (Lipinski definition) is 0. The second-order valence-corrected chi connectivity index (χ2v) is 10.4. The van der Waals surface area contributed by atoms with Crippen LogP contribution >= 0.6 is 39.9 Å². The lowest BCUT2D eigenvalue weighted by molar-refractivity contribution is -0.385. The molecular formula is C24H12BrF3N2O6S2. The molecule has 2 aliphatic rings. The number of rotatable bonds is 5. The first kappa shape index (κ1) is 26.0. The first-order valence-electron chi connectivity index (χ1n) is 10.5. The summed E-state index contributed by atoms with van der Waals surface area (Å²) in [5.74, 6) is 0.270. The second-order valence-electron chi connectivity index (χ2n) is 7.78. The molecular weight excluding hydrogens is 613 g/mol. The molecule has 8 nitrogen and oxygen atoms in total. The van der Waals surface area contributed by atoms with Gasteiger partial charge in [0.25, 0.3) is 5.91 Å². The molecule has 38 heavy (non-hydrogen) atoms. The molecule has 0 bridgehead atoms. The molecule has 14 heteroatoms. The number of nitrogens with zero attached hydrogens (tertiary/aromatic N) is 2. The Hall–Kier alpha value is -3.62. The van der Waals surface area contributed by atoms with Gasteiger partial charge in [-0.05, 0) is 48.5 Å². The van der Waals surface area contributed by atoms with Crippen LogP contribution in [0.4, 0.5) is 24.5 Å². The molecule has 0 unspecified atom stereocenters. The maximum Gasteiger partial charge on any atom is 0.416 e. The van der Waals surface area contributed by atoms with Gasteiger partial charge in [-0.15, -0.1) is 0 Å². The third kappa shape index (κ3) is 5.06. The van der Waals surface area contributed by atoms with Gasteiger partial charge in [-0.25, -0.2) is 0 Å². The molecule has 1 fully saturated rings. The van der Waals surface area contributed by atoms with Gasteiger partial charge in [0.1, 0.15) is 5.75 Å². The van der Waals surface area contributed by atoms with Crippen molar-refractivity contribution in [2.75, 3.05) is 11.7 Å². The van der Waals surface area contributed by atoms with Crippen LogP contribution in [0.25, 0.3) is 6.08 Å². The molecule has 0 spiro atoms. The molecule has 2 aliphatic heterocycles. The number of nitro groups is 1. The number of thioether (sulfide) groups is 1. The number of carbonyl (C=O) groups excluding carboxylic acids is 1. The van der Waals surface area contributed by atoms with Crippen LogP contribution in [-0.4, -0.2) is 21.9 Å². The van der Waals surface area contributed by atoms with Gasteiger partial charge in [0, 0.05) is 22.2 Å². The minimum Gasteiger partial charge on any atom is -0.454 e. The average molecular weight is 625 g/mol. The highest BCUT2D eigenvalue weighted by Crippen LogP contribution is 2.43. The Labute approximate surface area is 230 Å². The topological polar surface area (TPSA) is 91.1 Å². The summed E-state index contributed by atoms with van der Waals surface area (Å²) in [6.45, 7) is 0.0693. The van der Waals surface area contributed by atoms with Crippen molar-refractivity contribution in [2.45, 2.75) is 6.18 Å². The fraction of sp³-hybridized carbons (Fsp3) is 0.0833. The lowest BCUT2D eigenvalue weighted by Gasteiger charge is -2.15. The number of benzene rings is 3. The number of amides is 1. The third-order valence-electron chi connectivity index (χ3n) is 5.37. The molecule has 1 amide bonds. The van der Waals surface area contributed by atoms with Gasteiger partial charge in [-0.1, -0.05) is 39.9 Å². The Kier molecular flexibility index (Phi) is 6.79. The summed E-state index contributed by atoms with van der Waals surface area (Å²) in [6, 6.07) is 11.6. The van der Waals surface area contributed by atoms with Crippen molar-refractivity contribution >= 4 is 67.6 Å². The van der Waals surface area contributed by atoms with E-state index in [0.29, 0.717) is 39.4 Å². The average Bonchev–Trinajstić information content (AvgIpc) is 3.43. The minimum atomic E-state index is -4.77. The molecule has 0 atom stereocenters. The smallest absolute Gasteiger partial charge is 0.416 e. The number of hydrogen-bond acceptors (Lipinski definition) is 8. The lowest BCUT2D eigenvalue weighted by Crippen LogP contribution is -2.27. The third-order valence-corrected chi connectivity index (χ3v) is 7.16. The fourth-order valence-corrected chi connectivity index (χ4v) is 5.29. The molecule has 1 saturated heterocycles. The highest BCUT2D eigenvalue weighted by atomic mass is 79.9. The van der Waals surface area contributed by atoms with Gasteiger partial charge < -0.3 is 14.2 Å². The molecule has 3 aromatic carbocycles. The van der Waals surface area contributed by atoms with E-state index in [1.165, 1.54) is 17.0 Å². The summed E-state index contributed by atoms with van der Waals surface area (Å²) in [7, 11) is 0. The van der Waals surface area contributed by atoms with E-state index in [9.17, 15) is 28.1 Å². The predicted octanol–water partition coefficient (Wildman–Crippen LogP) is 7.30. The van der Waals surface area contributed by atoms with Crippen LogP contribution in [0.5, 0.6) is 23.0 Å². The van der Waals surface area contributed by atoms with E-state index in [-0.39, 0.29) is 21.8 Å². The zero-order chi connectivity index (χ0) is 27.2. The van der Waals surface area contributed by atoms with Gasteiger partial charge in [-0.3, -0.25) is 19.8 Å². The van der Waals surface area contributed by atoms with E-state index in [4.69, 9.17) is 26.4 Å². The molecule has 5 rings (SSSR count). The molecule has 0 aliphatic carbocycles. The van der Waals surface area contributed by atoms with Crippen molar-refractivity contribution in [1.82, 2.24) is 0 Å². The van der Waals surface area contributed by atoms with E-state index >= 15 is 0 Å². The van der Waals surface area contributed by atoms with Crippen molar-refractivity contribution < 1.29 is 37.1 Å². The van der Waals surface area contributed by atoms with Crippen molar-refractivity contribution in [3.05, 3.63) is 85.2 Å². The number of anilines is 1. The van der Waals surface area contributed by atoms with Crippen LogP contribution in [0.3, 0.4) is 0 Å². The van der Waals surface area contributed by atoms with E-state index in [0.717, 1.165) is 17.8 Å². The van der Waals surface area contributed by atoms with E-state index in [1.54, 1.807) is 30.3 Å². The van der Waals surface area contributed by atoms with Crippen LogP contribution in [0.1, 0.15) is 11.1 Å². The Morgan fingerprint density at radius 1 is 1.08 bits per heavy atom. The first-order chi connectivity index (χ1) is 18.0. The van der Waals surface area contributed by atoms with Crippen LogP contribution in [0.2, 0.25) is 0 Å². The van der Waals surface area contributed by atoms with Gasteiger partial charge >= 0.3 is 11.9 Å². The largest absolute Gasteiger partial charge is 0.454 e. The normalized spacial score (nSPS) is 15.9. The molecule has 2 heterocycles. The number of fused-ring (bicyclic) bond motifs is 1. The predicted molar refractivity (Wildman–Crippen MR) is 141 cm³/mol. The highest BCUT2D eigenvalue weighted by Gasteiger charge is 2.35. The van der Waals surface area contributed by atoms with Crippen molar-refractivity contribution in [1.29, 1.82) is 0 Å². The molecule has 3 aromatic rings. The minimum absolute atomic E-state index is 0.0693. The zero-order valence-corrected chi connectivity index (χ0v) is 21.9. The fourth-order valence-electron chi connectivity index (χ4n) is 3.62. The van der Waals surface area contributed by atoms with Crippen LogP contribution in [0.15, 0.2) is 64.0 Å². The Bertz CT molecular complexity index is 1550. The number of ether oxygens (including phenoxy) is 3. The van der Waals surface area contributed by atoms with Gasteiger partial charge in [0.2, 0.25) is 12.5 Å². The zero-order valence-electron chi connectivity index (χ0n) is 18.7. The molecule has 194 valence electrons. The summed E-state index contributed by atoms with van der Waals surface area (Å²) >= 11 is 9.78. The molecule has 0 saturated carbocycles. The van der Waals surface area contributed by atoms with Gasteiger partial charge in [-0.2, -0.15) is 13.2 Å². The molecule has 0 aromatic heterocycles. The van der Waals surface area contributed by atoms with E-state index in [2.05, 4.69) is 15.9 Å². The van der Waals surface area contributed by atoms with Crippen LogP contribution in [-0.2, 0) is 11.0 Å². The second kappa shape index (κ2) is 9.93. The van der Waals surface area contributed by atoms with Crippen molar-refractivity contribution in [2.24, 2.45) is 0 Å². The quantitative estimate of drug-likeness (QED) is 0.126. The summed E-state index contributed by atoms with van der Waals surface area (Å²) in [6.07, 6.45) is -3.28. The van der Waals surface area contributed by atoms with Crippen molar-refractivity contribution in [3.8, 4) is 23.0 Å². The van der Waals surface area contributed by atoms with E-state index in [1.807, 2.05) is 0 Å². The number of halogens is 4. The number of thiocarbonyl (C=S) groups is 1. The Balaban J connectivity index is 1.48. The van der Waals surface area contributed by atoms with Crippen LogP contribution < -0.4 is 19.1 Å². The number of nitro benzene ring substituents is 1. The van der Waals surface area contributed by atoms with Crippen molar-refractivity contribution in [3.63, 3.8) is 0 Å². The molecule has 0 N–H and O–H groups in total. The summed E-state index contributed by atoms with van der Waals surface area (Å²) in [5, 5.41) is 11.5. The summed E-state index contributed by atoms with van der Waals surface area (Å²) < 4.78 is 56.4. The summed E-state index contributed by atoms with van der Waals surface area (Å²) in [5.41, 5.74) is -1.23. The Morgan fingerprint density at radius 3 is 2.55 bits per heavy atom. The number of alkyl halides is 3. The van der Waals surface area contributed by atoms with Gasteiger partial charge in [0.15, 0.2) is 15.8 Å². The first-order valence-corrected chi connectivity index (χ1v) is 12.5. The Morgan fingerprint density at radius 2 is 1.82 bits per heavy atom.